The number of aryl methyl sites for hydroxylation is 1. The molecule has 1 heterocycles. The van der Waals surface area contributed by atoms with Gasteiger partial charge in [-0.3, -0.25) is 0 Å². The van der Waals surface area contributed by atoms with E-state index >= 15 is 0 Å². The first-order chi connectivity index (χ1) is 8.79. The average Bonchev–Trinajstić information content (AvgIpc) is 2.87. The zero-order chi connectivity index (χ0) is 12.8. The molecule has 0 atom stereocenters. The molecule has 0 aliphatic heterocycles. The molecule has 2 nitrogen and oxygen atoms in total. The molecule has 0 radical (unpaired) electrons. The van der Waals surface area contributed by atoms with Crippen LogP contribution in [0.15, 0.2) is 5.38 Å². The van der Waals surface area contributed by atoms with E-state index in [0.29, 0.717) is 5.88 Å². The molecule has 0 amide bonds. The van der Waals surface area contributed by atoms with Crippen molar-refractivity contribution in [1.82, 2.24) is 9.88 Å². The normalized spacial score (nSPS) is 17.5. The molecular formula is C14H23ClN2S. The number of alkyl halides is 1. The summed E-state index contributed by atoms with van der Waals surface area (Å²) >= 11 is 7.51. The molecule has 0 unspecified atom stereocenters. The van der Waals surface area contributed by atoms with Gasteiger partial charge < -0.3 is 4.90 Å². The van der Waals surface area contributed by atoms with Gasteiger partial charge in [0, 0.05) is 17.8 Å². The lowest BCUT2D eigenvalue weighted by molar-refractivity contribution is 0.190. The number of thiazole rings is 1. The third-order valence-electron chi connectivity index (χ3n) is 3.84. The predicted molar refractivity (Wildman–Crippen MR) is 79.5 cm³/mol. The number of rotatable bonds is 6. The van der Waals surface area contributed by atoms with E-state index in [4.69, 9.17) is 11.6 Å². The second-order valence-electron chi connectivity index (χ2n) is 5.24. The molecule has 1 aromatic heterocycles. The molecule has 102 valence electrons. The van der Waals surface area contributed by atoms with Crippen LogP contribution in [-0.4, -0.2) is 29.5 Å². The largest absolute Gasteiger partial charge is 0.303 e. The highest BCUT2D eigenvalue weighted by Gasteiger charge is 2.17. The van der Waals surface area contributed by atoms with Crippen LogP contribution < -0.4 is 0 Å². The molecule has 1 fully saturated rings. The molecule has 1 aliphatic rings. The minimum atomic E-state index is 0.540. The molecule has 18 heavy (non-hydrogen) atoms. The van der Waals surface area contributed by atoms with Crippen molar-refractivity contribution >= 4 is 22.9 Å². The molecule has 1 aliphatic carbocycles. The molecule has 2 rings (SSSR count). The smallest absolute Gasteiger partial charge is 0.0929 e. The fraction of sp³-hybridized carbons (Fsp3) is 0.786. The van der Waals surface area contributed by atoms with E-state index < -0.39 is 0 Å². The summed E-state index contributed by atoms with van der Waals surface area (Å²) in [6.45, 7) is 1.19. The maximum atomic E-state index is 5.76. The molecule has 0 bridgehead atoms. The van der Waals surface area contributed by atoms with Crippen LogP contribution in [0.4, 0.5) is 0 Å². The molecule has 1 aromatic rings. The first kappa shape index (κ1) is 14.3. The van der Waals surface area contributed by atoms with Crippen LogP contribution in [0.3, 0.4) is 0 Å². The highest BCUT2D eigenvalue weighted by Crippen LogP contribution is 2.22. The Hall–Kier alpha value is -0.120. The van der Waals surface area contributed by atoms with E-state index in [9.17, 15) is 0 Å². The Morgan fingerprint density at radius 3 is 2.83 bits per heavy atom. The quantitative estimate of drug-likeness (QED) is 0.733. The Bertz CT molecular complexity index is 347. The Labute approximate surface area is 119 Å². The maximum Gasteiger partial charge on any atom is 0.0929 e. The van der Waals surface area contributed by atoms with Gasteiger partial charge in [0.05, 0.1) is 16.6 Å². The van der Waals surface area contributed by atoms with Gasteiger partial charge in [-0.2, -0.15) is 0 Å². The van der Waals surface area contributed by atoms with Crippen LogP contribution in [-0.2, 0) is 12.3 Å². The Kier molecular flexibility index (Phi) is 5.93. The van der Waals surface area contributed by atoms with Gasteiger partial charge in [0.2, 0.25) is 0 Å². The highest BCUT2D eigenvalue weighted by atomic mass is 35.5. The minimum absolute atomic E-state index is 0.540. The van der Waals surface area contributed by atoms with E-state index in [-0.39, 0.29) is 0 Å². The number of aromatic nitrogens is 1. The lowest BCUT2D eigenvalue weighted by Gasteiger charge is -2.31. The monoisotopic (exact) mass is 286 g/mol. The van der Waals surface area contributed by atoms with E-state index in [2.05, 4.69) is 22.3 Å². The van der Waals surface area contributed by atoms with Crippen LogP contribution in [0.5, 0.6) is 0 Å². The summed E-state index contributed by atoms with van der Waals surface area (Å²) in [6, 6.07) is 0.827. The Morgan fingerprint density at radius 1 is 1.39 bits per heavy atom. The lowest BCUT2D eigenvalue weighted by Crippen LogP contribution is -2.34. The van der Waals surface area contributed by atoms with E-state index in [1.807, 2.05) is 0 Å². The van der Waals surface area contributed by atoms with Crippen molar-refractivity contribution in [3.05, 3.63) is 16.1 Å². The number of halogens is 1. The van der Waals surface area contributed by atoms with Gasteiger partial charge in [0.25, 0.3) is 0 Å². The van der Waals surface area contributed by atoms with Crippen molar-refractivity contribution in [2.45, 2.75) is 56.9 Å². The summed E-state index contributed by atoms with van der Waals surface area (Å²) in [5.74, 6) is 0.540. The van der Waals surface area contributed by atoms with Crippen molar-refractivity contribution in [3.8, 4) is 0 Å². The van der Waals surface area contributed by atoms with E-state index in [1.54, 1.807) is 11.3 Å². The number of nitrogens with zero attached hydrogens (tertiary/aromatic N) is 2. The predicted octanol–water partition coefficient (Wildman–Crippen LogP) is 4.08. The van der Waals surface area contributed by atoms with Gasteiger partial charge in [0.1, 0.15) is 0 Å². The van der Waals surface area contributed by atoms with Crippen LogP contribution in [0, 0.1) is 0 Å². The fourth-order valence-electron chi connectivity index (χ4n) is 2.71. The summed E-state index contributed by atoms with van der Waals surface area (Å²) in [5.41, 5.74) is 1.03. The molecule has 0 N–H and O–H groups in total. The fourth-order valence-corrected chi connectivity index (χ4v) is 3.78. The molecule has 0 spiro atoms. The molecule has 4 heteroatoms. The second kappa shape index (κ2) is 7.46. The summed E-state index contributed by atoms with van der Waals surface area (Å²) in [4.78, 5) is 7.06. The Morgan fingerprint density at radius 2 is 2.17 bits per heavy atom. The van der Waals surface area contributed by atoms with Gasteiger partial charge in [-0.1, -0.05) is 19.3 Å². The van der Waals surface area contributed by atoms with Crippen molar-refractivity contribution in [3.63, 3.8) is 0 Å². The third-order valence-corrected chi connectivity index (χ3v) is 5.07. The van der Waals surface area contributed by atoms with Gasteiger partial charge in [-0.15, -0.1) is 22.9 Å². The number of hydrogen-bond donors (Lipinski definition) is 0. The van der Waals surface area contributed by atoms with Crippen molar-refractivity contribution < 1.29 is 0 Å². The maximum absolute atomic E-state index is 5.76. The van der Waals surface area contributed by atoms with Gasteiger partial charge in [-0.25, -0.2) is 4.98 Å². The summed E-state index contributed by atoms with van der Waals surface area (Å²) in [5, 5.41) is 3.32. The van der Waals surface area contributed by atoms with Gasteiger partial charge >= 0.3 is 0 Å². The first-order valence-electron chi connectivity index (χ1n) is 6.99. The molecule has 0 saturated heterocycles. The SMILES string of the molecule is CN(CCCc1nc(CCl)cs1)C1CCCCC1. The van der Waals surface area contributed by atoms with Crippen LogP contribution in [0.25, 0.3) is 0 Å². The topological polar surface area (TPSA) is 16.1 Å². The molecule has 0 aromatic carbocycles. The van der Waals surface area contributed by atoms with Crippen molar-refractivity contribution in [1.29, 1.82) is 0 Å². The first-order valence-corrected chi connectivity index (χ1v) is 8.40. The zero-order valence-electron chi connectivity index (χ0n) is 11.2. The summed E-state index contributed by atoms with van der Waals surface area (Å²) in [7, 11) is 2.28. The highest BCUT2D eigenvalue weighted by molar-refractivity contribution is 7.09. The van der Waals surface area contributed by atoms with Crippen molar-refractivity contribution in [2.24, 2.45) is 0 Å². The molecule has 1 saturated carbocycles. The molecular weight excluding hydrogens is 264 g/mol. The minimum Gasteiger partial charge on any atom is -0.303 e. The van der Waals surface area contributed by atoms with Crippen LogP contribution in [0.2, 0.25) is 0 Å². The summed E-state index contributed by atoms with van der Waals surface area (Å²) in [6.07, 6.45) is 9.36. The standard InChI is InChI=1S/C14H23ClN2S/c1-17(13-6-3-2-4-7-13)9-5-8-14-16-12(10-15)11-18-14/h11,13H,2-10H2,1H3. The van der Waals surface area contributed by atoms with E-state index in [1.165, 1.54) is 50.1 Å². The number of hydrogen-bond acceptors (Lipinski definition) is 3. The van der Waals surface area contributed by atoms with Gasteiger partial charge in [-0.05, 0) is 32.9 Å². The summed E-state index contributed by atoms with van der Waals surface area (Å²) < 4.78 is 0. The average molecular weight is 287 g/mol. The Balaban J connectivity index is 1.67. The third kappa shape index (κ3) is 4.22. The zero-order valence-corrected chi connectivity index (χ0v) is 12.8. The van der Waals surface area contributed by atoms with Crippen molar-refractivity contribution in [2.75, 3.05) is 13.6 Å². The van der Waals surface area contributed by atoms with E-state index in [0.717, 1.165) is 18.2 Å². The van der Waals surface area contributed by atoms with Crippen LogP contribution >= 0.6 is 22.9 Å². The second-order valence-corrected chi connectivity index (χ2v) is 6.45. The lowest BCUT2D eigenvalue weighted by atomic mass is 9.94. The van der Waals surface area contributed by atoms with Gasteiger partial charge in [0.15, 0.2) is 0 Å². The van der Waals surface area contributed by atoms with Crippen LogP contribution in [0.1, 0.15) is 49.2 Å².